The number of hydrogen-bond donors (Lipinski definition) is 0. The van der Waals surface area contributed by atoms with Gasteiger partial charge in [-0.3, -0.25) is 4.79 Å². The Hall–Kier alpha value is -1.58. The number of likely N-dealkylation sites (tertiary alicyclic amines) is 1. The van der Waals surface area contributed by atoms with E-state index in [2.05, 4.69) is 23.7 Å². The van der Waals surface area contributed by atoms with Crippen molar-refractivity contribution >= 4 is 11.7 Å². The van der Waals surface area contributed by atoms with Crippen LogP contribution in [-0.4, -0.2) is 42.0 Å². The maximum atomic E-state index is 12.6. The Morgan fingerprint density at radius 1 is 1.14 bits per heavy atom. The molecular weight excluding hydrogens is 262 g/mol. The third-order valence-electron chi connectivity index (χ3n) is 4.58. The second-order valence-electron chi connectivity index (χ2n) is 6.76. The van der Waals surface area contributed by atoms with E-state index in [9.17, 15) is 4.79 Å². The van der Waals surface area contributed by atoms with Crippen LogP contribution in [0.5, 0.6) is 0 Å². The van der Waals surface area contributed by atoms with Crippen LogP contribution < -0.4 is 4.90 Å². The highest BCUT2D eigenvalue weighted by Gasteiger charge is 2.26. The van der Waals surface area contributed by atoms with Gasteiger partial charge in [-0.05, 0) is 43.2 Å². The number of aromatic nitrogens is 1. The van der Waals surface area contributed by atoms with E-state index in [1.807, 2.05) is 17.0 Å². The monoisotopic (exact) mass is 287 g/mol. The van der Waals surface area contributed by atoms with Crippen LogP contribution in [0.2, 0.25) is 0 Å². The average molecular weight is 287 g/mol. The van der Waals surface area contributed by atoms with Gasteiger partial charge in [0.1, 0.15) is 5.82 Å². The van der Waals surface area contributed by atoms with Gasteiger partial charge in [0.15, 0.2) is 0 Å². The van der Waals surface area contributed by atoms with Crippen LogP contribution in [-0.2, 0) is 0 Å². The molecule has 21 heavy (non-hydrogen) atoms. The Morgan fingerprint density at radius 2 is 1.81 bits per heavy atom. The molecule has 2 unspecified atom stereocenters. The van der Waals surface area contributed by atoms with Gasteiger partial charge in [0, 0.05) is 32.4 Å². The second kappa shape index (κ2) is 6.04. The molecule has 0 aliphatic carbocycles. The number of carbonyl (C=O) groups is 1. The van der Waals surface area contributed by atoms with E-state index in [0.717, 1.165) is 37.6 Å². The minimum atomic E-state index is 0.133. The Morgan fingerprint density at radius 3 is 2.38 bits per heavy atom. The molecule has 2 saturated heterocycles. The van der Waals surface area contributed by atoms with Crippen molar-refractivity contribution < 1.29 is 4.79 Å². The van der Waals surface area contributed by atoms with Gasteiger partial charge in [-0.2, -0.15) is 0 Å². The van der Waals surface area contributed by atoms with E-state index in [1.165, 1.54) is 19.3 Å². The smallest absolute Gasteiger partial charge is 0.255 e. The second-order valence-corrected chi connectivity index (χ2v) is 6.76. The van der Waals surface area contributed by atoms with Gasteiger partial charge < -0.3 is 9.80 Å². The summed E-state index contributed by atoms with van der Waals surface area (Å²) in [5.41, 5.74) is 0.722. The first-order chi connectivity index (χ1) is 10.1. The molecule has 4 heteroatoms. The lowest BCUT2D eigenvalue weighted by Gasteiger charge is -2.35. The first-order valence-electron chi connectivity index (χ1n) is 8.14. The largest absolute Gasteiger partial charge is 0.357 e. The minimum Gasteiger partial charge on any atom is -0.357 e. The number of piperidine rings is 1. The number of carbonyl (C=O) groups excluding carboxylic acids is 1. The molecule has 2 aliphatic heterocycles. The summed E-state index contributed by atoms with van der Waals surface area (Å²) < 4.78 is 0. The zero-order valence-electron chi connectivity index (χ0n) is 13.1. The van der Waals surface area contributed by atoms with Crippen molar-refractivity contribution in [2.45, 2.75) is 33.1 Å². The maximum absolute atomic E-state index is 12.6. The predicted molar refractivity (Wildman–Crippen MR) is 84.5 cm³/mol. The van der Waals surface area contributed by atoms with Gasteiger partial charge in [0.2, 0.25) is 0 Å². The lowest BCUT2D eigenvalue weighted by Crippen LogP contribution is -2.42. The summed E-state index contributed by atoms with van der Waals surface area (Å²) in [6.45, 7) is 8.37. The van der Waals surface area contributed by atoms with Crippen molar-refractivity contribution in [1.29, 1.82) is 0 Å². The fourth-order valence-electron chi connectivity index (χ4n) is 3.66. The van der Waals surface area contributed by atoms with Crippen LogP contribution in [0.3, 0.4) is 0 Å². The number of amides is 1. The molecule has 0 bridgehead atoms. The topological polar surface area (TPSA) is 36.4 Å². The van der Waals surface area contributed by atoms with Crippen LogP contribution in [0.1, 0.15) is 43.5 Å². The molecule has 0 spiro atoms. The van der Waals surface area contributed by atoms with Crippen LogP contribution in [0, 0.1) is 11.8 Å². The van der Waals surface area contributed by atoms with Crippen LogP contribution >= 0.6 is 0 Å². The van der Waals surface area contributed by atoms with Crippen molar-refractivity contribution in [1.82, 2.24) is 9.88 Å². The molecule has 2 fully saturated rings. The number of anilines is 1. The molecule has 1 amide bonds. The quantitative estimate of drug-likeness (QED) is 0.839. The van der Waals surface area contributed by atoms with E-state index in [-0.39, 0.29) is 5.91 Å². The minimum absolute atomic E-state index is 0.133. The predicted octanol–water partition coefficient (Wildman–Crippen LogP) is 2.80. The molecular formula is C17H25N3O. The molecule has 4 nitrogen and oxygen atoms in total. The third kappa shape index (κ3) is 3.20. The number of nitrogens with zero attached hydrogens (tertiary/aromatic N) is 3. The fraction of sp³-hybridized carbons (Fsp3) is 0.647. The molecule has 114 valence electrons. The number of pyridine rings is 1. The van der Waals surface area contributed by atoms with Crippen LogP contribution in [0.4, 0.5) is 5.82 Å². The van der Waals surface area contributed by atoms with Crippen molar-refractivity contribution in [3.05, 3.63) is 23.9 Å². The highest BCUT2D eigenvalue weighted by Crippen LogP contribution is 2.23. The summed E-state index contributed by atoms with van der Waals surface area (Å²) in [6.07, 6.45) is 5.45. The third-order valence-corrected chi connectivity index (χ3v) is 4.58. The number of rotatable bonds is 2. The van der Waals surface area contributed by atoms with Gasteiger partial charge in [-0.15, -0.1) is 0 Å². The van der Waals surface area contributed by atoms with Gasteiger partial charge in [-0.1, -0.05) is 13.8 Å². The Kier molecular flexibility index (Phi) is 4.13. The summed E-state index contributed by atoms with van der Waals surface area (Å²) in [6, 6.07) is 3.93. The lowest BCUT2D eigenvalue weighted by molar-refractivity contribution is 0.0622. The maximum Gasteiger partial charge on any atom is 0.255 e. The molecule has 2 atom stereocenters. The number of hydrogen-bond acceptors (Lipinski definition) is 3. The van der Waals surface area contributed by atoms with Gasteiger partial charge in [0.05, 0.1) is 5.56 Å². The van der Waals surface area contributed by atoms with E-state index in [4.69, 9.17) is 0 Å². The first-order valence-corrected chi connectivity index (χ1v) is 8.14. The molecule has 1 aromatic rings. The summed E-state index contributed by atoms with van der Waals surface area (Å²) in [4.78, 5) is 21.4. The summed E-state index contributed by atoms with van der Waals surface area (Å²) >= 11 is 0. The first kappa shape index (κ1) is 14.4. The van der Waals surface area contributed by atoms with Crippen molar-refractivity contribution in [3.8, 4) is 0 Å². The van der Waals surface area contributed by atoms with Gasteiger partial charge in [-0.25, -0.2) is 4.98 Å². The Labute approximate surface area is 127 Å². The summed E-state index contributed by atoms with van der Waals surface area (Å²) in [5, 5.41) is 0. The fourth-order valence-corrected chi connectivity index (χ4v) is 3.66. The molecule has 3 rings (SSSR count). The molecule has 2 aliphatic rings. The van der Waals surface area contributed by atoms with Crippen molar-refractivity contribution in [2.24, 2.45) is 11.8 Å². The Bertz CT molecular complexity index is 483. The summed E-state index contributed by atoms with van der Waals surface area (Å²) in [7, 11) is 0. The van der Waals surface area contributed by atoms with E-state index in [1.54, 1.807) is 6.20 Å². The summed E-state index contributed by atoms with van der Waals surface area (Å²) in [5.74, 6) is 2.32. The Balaban J connectivity index is 1.69. The van der Waals surface area contributed by atoms with Crippen molar-refractivity contribution in [2.75, 3.05) is 31.1 Å². The average Bonchev–Trinajstić information content (AvgIpc) is 3.00. The lowest BCUT2D eigenvalue weighted by atomic mass is 9.91. The molecule has 0 aromatic carbocycles. The molecule has 0 radical (unpaired) electrons. The highest BCUT2D eigenvalue weighted by atomic mass is 16.2. The zero-order valence-corrected chi connectivity index (χ0v) is 13.1. The zero-order chi connectivity index (χ0) is 14.8. The molecule has 3 heterocycles. The SMILES string of the molecule is CC1CC(C)CN(C(=O)c2ccc(N3CCCC3)nc2)C1. The van der Waals surface area contributed by atoms with Gasteiger partial charge in [0.25, 0.3) is 5.91 Å². The van der Waals surface area contributed by atoms with E-state index < -0.39 is 0 Å². The van der Waals surface area contributed by atoms with Crippen LogP contribution in [0.15, 0.2) is 18.3 Å². The normalized spacial score (nSPS) is 26.2. The highest BCUT2D eigenvalue weighted by molar-refractivity contribution is 5.94. The van der Waals surface area contributed by atoms with Crippen molar-refractivity contribution in [3.63, 3.8) is 0 Å². The van der Waals surface area contributed by atoms with Gasteiger partial charge >= 0.3 is 0 Å². The van der Waals surface area contributed by atoms with E-state index >= 15 is 0 Å². The molecule has 0 saturated carbocycles. The van der Waals surface area contributed by atoms with Crippen LogP contribution in [0.25, 0.3) is 0 Å². The molecule has 1 aromatic heterocycles. The standard InChI is InChI=1S/C17H25N3O/c1-13-9-14(2)12-20(11-13)17(21)15-5-6-16(18-10-15)19-7-3-4-8-19/h5-6,10,13-14H,3-4,7-9,11-12H2,1-2H3. The van der Waals surface area contributed by atoms with E-state index in [0.29, 0.717) is 11.8 Å². The molecule has 0 N–H and O–H groups in total.